The number of hydrogen-bond donors (Lipinski definition) is 14. The van der Waals surface area contributed by atoms with Crippen molar-refractivity contribution in [3.8, 4) is 23.0 Å². The molecule has 6 aliphatic rings. The fourth-order valence-electron chi connectivity index (χ4n) is 17.2. The van der Waals surface area contributed by atoms with E-state index in [4.69, 9.17) is 122 Å². The first-order valence-electron chi connectivity index (χ1n) is 48.3. The zero-order valence-electron chi connectivity index (χ0n) is 86.8. The number of rotatable bonds is 26. The van der Waals surface area contributed by atoms with Gasteiger partial charge in [-0.1, -0.05) is 174 Å². The molecular weight excluding hydrogens is 2030 g/mol. The third-order valence-corrected chi connectivity index (χ3v) is 27.5. The number of aliphatic hydroxyl groups excluding tert-OH is 10. The van der Waals surface area contributed by atoms with E-state index in [0.29, 0.717) is 46.3 Å². The Labute approximate surface area is 880 Å². The summed E-state index contributed by atoms with van der Waals surface area (Å²) in [6.45, 7) is 36.1. The second kappa shape index (κ2) is 56.8. The van der Waals surface area contributed by atoms with Gasteiger partial charge in [0.1, 0.15) is 93.4 Å². The van der Waals surface area contributed by atoms with E-state index < -0.39 is 288 Å². The number of hydrogen-bond acceptors (Lipinski definition) is 36. The minimum atomic E-state index is -1.61. The summed E-state index contributed by atoms with van der Waals surface area (Å²) >= 11 is 24.5. The van der Waals surface area contributed by atoms with Crippen molar-refractivity contribution in [3.05, 3.63) is 160 Å². The van der Waals surface area contributed by atoms with Crippen LogP contribution in [0.3, 0.4) is 0 Å². The molecule has 0 bridgehead atoms. The number of carbonyl (C=O) groups is 6. The third kappa shape index (κ3) is 32.5. The van der Waals surface area contributed by atoms with Crippen molar-refractivity contribution in [1.29, 1.82) is 0 Å². The Kier molecular flexibility index (Phi) is 49.6. The SMILES string of the molecule is CCc1c(Cl)c(O)c(Cl)c(O)c1C(=O)O[C@H]1[C@H](O)[C@H](OC)[C@H](OC/C2=C\C=C\C[C@H](O)/C(C)=C/[C@H](CC)[C@@H](O[C@@H]3OC(C)(C)[C@@H](OC(=O)C(C)C)[C@H](O)[C@@H]3O)/C(C)=C/C(C)=C/C[C@@H]([C@@H](C)O)OC2=O)O[C@@H]1C.CCc1c(Cl)c(O)c(Cl)c(O)c1C(=O)O[C@H]1[C@H](O)[C@H](OC)[C@H](OC/C2=C\C=C\C[C@H](O)/C(C)=C/[C@H](CC)[C@@H](O[C@@H]3OC(C)(C)[C@@H](OC(=O)C(C)C)[C@H](O)[C@@H]3O)/C(C)=C/C(C)=C/C[C@@H]([C@@H](C)O)OC2=O)O[C@@H]1C.[Zn+2]. The van der Waals surface area contributed by atoms with Gasteiger partial charge in [0.05, 0.1) is 95.1 Å². The number of methoxy groups -OCH3 is 2. The smallest absolute Gasteiger partial charge is 0.505 e. The molecule has 6 heterocycles. The van der Waals surface area contributed by atoms with Gasteiger partial charge < -0.3 is 147 Å². The largest absolute Gasteiger partial charge is 2.00 e. The van der Waals surface area contributed by atoms with Crippen LogP contribution in [-0.4, -0.2) is 305 Å². The summed E-state index contributed by atoms with van der Waals surface area (Å²) in [5.74, 6) is -9.57. The van der Waals surface area contributed by atoms with Gasteiger partial charge in [0.2, 0.25) is 0 Å². The van der Waals surface area contributed by atoms with E-state index in [0.717, 1.165) is 0 Å². The number of phenolic OH excluding ortho intramolecular Hbond substituents is 4. The molecule has 0 radical (unpaired) electrons. The first-order chi connectivity index (χ1) is 67.4. The van der Waals surface area contributed by atoms with Gasteiger partial charge in [0.25, 0.3) is 0 Å². The first-order valence-corrected chi connectivity index (χ1v) is 49.8. The predicted octanol–water partition coefficient (Wildman–Crippen LogP) is 12.5. The van der Waals surface area contributed by atoms with Crippen LogP contribution in [0.4, 0.5) is 0 Å². The Bertz CT molecular complexity index is 4750. The number of halogens is 4. The molecule has 0 spiro atoms. The van der Waals surface area contributed by atoms with E-state index in [2.05, 4.69) is 0 Å². The molecule has 28 atom stereocenters. The average molecular weight is 2180 g/mol. The fraction of sp³-hybridized carbons (Fsp3) is 0.635. The Hall–Kier alpha value is -7.16. The molecule has 2 aromatic rings. The molecular formula is C104H148Cl4O36Zn+2. The van der Waals surface area contributed by atoms with Crippen molar-refractivity contribution >= 4 is 82.2 Å². The van der Waals surface area contributed by atoms with Crippen LogP contribution < -0.4 is 0 Å². The summed E-state index contributed by atoms with van der Waals surface area (Å²) in [6, 6.07) is 0. The molecule has 2 aromatic carbocycles. The molecule has 145 heavy (non-hydrogen) atoms. The van der Waals surface area contributed by atoms with E-state index in [9.17, 15) is 100 Å². The maximum atomic E-state index is 13.9. The minimum absolute atomic E-state index is 0. The quantitative estimate of drug-likeness (QED) is 0.0180. The van der Waals surface area contributed by atoms with E-state index in [1.165, 1.54) is 66.2 Å². The average Bonchev–Trinajstić information content (AvgIpc) is 0.778. The number of carbonyl (C=O) groups excluding carboxylic acids is 6. The maximum Gasteiger partial charge on any atom is 2.00 e. The van der Waals surface area contributed by atoms with Crippen molar-refractivity contribution in [2.75, 3.05) is 27.4 Å². The molecule has 41 heteroatoms. The summed E-state index contributed by atoms with van der Waals surface area (Å²) < 4.78 is 95.0. The monoisotopic (exact) mass is 2180 g/mol. The first kappa shape index (κ1) is 127. The van der Waals surface area contributed by atoms with Gasteiger partial charge in [0.15, 0.2) is 72.6 Å². The van der Waals surface area contributed by atoms with E-state index >= 15 is 0 Å². The number of esters is 6. The van der Waals surface area contributed by atoms with E-state index in [1.54, 1.807) is 107 Å². The van der Waals surface area contributed by atoms with Crippen molar-refractivity contribution < 1.29 is 196 Å². The van der Waals surface area contributed by atoms with Crippen LogP contribution in [0.1, 0.15) is 223 Å². The van der Waals surface area contributed by atoms with E-state index in [-0.39, 0.29) is 90.3 Å². The standard InChI is InChI=1S/2C52H74Cl2O18.Zn/c2*1-13-30-22-26(6)33(56)18-16-15-17-31(23-66-51-45(65-12)42(61)44(29(9)67-51)69-49(64)35-32(14-2)36(53)39(58)37(54)38(35)57)48(63)68-34(28(8)55)20-19-25(5)21-27(7)43(30)70-50-41(60)40(59)46(52(10,11)72-50)71-47(62)24(3)4;/h2*15-17,19,21-22,24,28-30,33-34,40-46,50-51,55-61H,13-14,18,20,23H2,1-12H3;/q;;+2/b2*16-15+,25-19+,26-22+,27-21+,31-17+;/t2*28-,29-,30+,33+,34+,40-,41+,42+,43+,44-,45+,46+,50-,51-;/m11./s1. The summed E-state index contributed by atoms with van der Waals surface area (Å²) in [6.07, 6.45) is -10.9. The van der Waals surface area contributed by atoms with Crippen LogP contribution >= 0.6 is 46.4 Å². The fourth-order valence-corrected chi connectivity index (χ4v) is 18.3. The van der Waals surface area contributed by atoms with Gasteiger partial charge in [-0.3, -0.25) is 9.59 Å². The van der Waals surface area contributed by atoms with Crippen molar-refractivity contribution in [2.24, 2.45) is 23.7 Å². The maximum absolute atomic E-state index is 13.9. The van der Waals surface area contributed by atoms with Crippen molar-refractivity contribution in [3.63, 3.8) is 0 Å². The molecule has 0 aliphatic carbocycles. The molecule has 808 valence electrons. The number of allylic oxidation sites excluding steroid dienone is 8. The summed E-state index contributed by atoms with van der Waals surface area (Å²) in [7, 11) is 2.53. The van der Waals surface area contributed by atoms with Crippen LogP contribution in [0.15, 0.2) is 117 Å². The van der Waals surface area contributed by atoms with Gasteiger partial charge in [-0.2, -0.15) is 0 Å². The summed E-state index contributed by atoms with van der Waals surface area (Å²) in [4.78, 5) is 80.0. The van der Waals surface area contributed by atoms with E-state index in [1.807, 2.05) is 65.8 Å². The molecule has 4 saturated heterocycles. The molecule has 0 unspecified atom stereocenters. The number of aromatic hydroxyl groups is 4. The second-order valence-corrected chi connectivity index (χ2v) is 40.2. The van der Waals surface area contributed by atoms with Gasteiger partial charge in [-0.25, -0.2) is 19.2 Å². The summed E-state index contributed by atoms with van der Waals surface area (Å²) in [5.41, 5.74) is 0.637. The zero-order valence-corrected chi connectivity index (χ0v) is 92.8. The molecule has 36 nitrogen and oxygen atoms in total. The number of phenols is 4. The van der Waals surface area contributed by atoms with Crippen LogP contribution in [0, 0.1) is 23.7 Å². The molecule has 6 aliphatic heterocycles. The van der Waals surface area contributed by atoms with Crippen LogP contribution in [0.2, 0.25) is 20.1 Å². The van der Waals surface area contributed by atoms with Crippen LogP contribution in [0.5, 0.6) is 23.0 Å². The number of benzene rings is 2. The normalized spacial score (nSPS) is 34.6. The Morgan fingerprint density at radius 1 is 0.455 bits per heavy atom. The molecule has 14 N–H and O–H groups in total. The van der Waals surface area contributed by atoms with Crippen LogP contribution in [0.25, 0.3) is 0 Å². The number of cyclic esters (lactones) is 2. The zero-order chi connectivity index (χ0) is 108. The molecule has 8 rings (SSSR count). The molecule has 0 amide bonds. The number of aliphatic hydroxyl groups is 10. The Balaban J connectivity index is 0.000000440. The van der Waals surface area contributed by atoms with Gasteiger partial charge >= 0.3 is 55.3 Å². The third-order valence-electron chi connectivity index (χ3n) is 26.0. The second-order valence-electron chi connectivity index (χ2n) is 38.7. The van der Waals surface area contributed by atoms with Gasteiger partial charge in [-0.05, 0) is 181 Å². The molecule has 0 aromatic heterocycles. The van der Waals surface area contributed by atoms with Gasteiger partial charge in [-0.15, -0.1) is 0 Å². The molecule has 4 fully saturated rings. The topological polar surface area (TPSA) is 533 Å². The summed E-state index contributed by atoms with van der Waals surface area (Å²) in [5, 5.41) is 153. The minimum Gasteiger partial charge on any atom is -0.505 e. The van der Waals surface area contributed by atoms with Crippen LogP contribution in [-0.2, 0) is 127 Å². The van der Waals surface area contributed by atoms with Crippen molar-refractivity contribution in [2.45, 2.75) is 374 Å². The van der Waals surface area contributed by atoms with Gasteiger partial charge in [0, 0.05) is 38.9 Å². The van der Waals surface area contributed by atoms with Crippen molar-refractivity contribution in [1.82, 2.24) is 0 Å². The Morgan fingerprint density at radius 2 is 0.786 bits per heavy atom. The number of ether oxygens (including phenoxy) is 16. The Morgan fingerprint density at radius 3 is 1.08 bits per heavy atom. The predicted molar refractivity (Wildman–Crippen MR) is 530 cm³/mol. The molecule has 0 saturated carbocycles.